The maximum absolute atomic E-state index is 12.9. The zero-order chi connectivity index (χ0) is 17.1. The monoisotopic (exact) mass is 338 g/mol. The van der Waals surface area contributed by atoms with Crippen molar-refractivity contribution in [2.75, 3.05) is 19.6 Å². The Labute approximate surface area is 149 Å². The molecule has 2 aliphatic rings. The van der Waals surface area contributed by atoms with Gasteiger partial charge in [-0.3, -0.25) is 14.4 Å². The summed E-state index contributed by atoms with van der Waals surface area (Å²) < 4.78 is 1.99. The average molecular weight is 338 g/mol. The molecule has 0 radical (unpaired) electrons. The lowest BCUT2D eigenvalue weighted by Gasteiger charge is -2.37. The Morgan fingerprint density at radius 3 is 2.84 bits per heavy atom. The molecule has 0 N–H and O–H groups in total. The lowest BCUT2D eigenvalue weighted by atomic mass is 9.99. The molecule has 0 spiro atoms. The number of amides is 1. The number of likely N-dealkylation sites (tertiary alicyclic amines) is 1. The zero-order valence-corrected chi connectivity index (χ0v) is 14.7. The molecule has 25 heavy (non-hydrogen) atoms. The third-order valence-corrected chi connectivity index (χ3v) is 5.53. The summed E-state index contributed by atoms with van der Waals surface area (Å²) in [5, 5.41) is 4.33. The van der Waals surface area contributed by atoms with Gasteiger partial charge in [0, 0.05) is 31.5 Å². The van der Waals surface area contributed by atoms with Gasteiger partial charge in [-0.15, -0.1) is 0 Å². The third-order valence-electron chi connectivity index (χ3n) is 5.53. The molecule has 4 rings (SSSR count). The molecule has 1 aromatic carbocycles. The van der Waals surface area contributed by atoms with Gasteiger partial charge in [0.1, 0.15) is 0 Å². The number of nitrogens with zero attached hydrogens (tertiary/aromatic N) is 4. The summed E-state index contributed by atoms with van der Waals surface area (Å²) in [5.74, 6) is 0.266. The Morgan fingerprint density at radius 2 is 2.00 bits per heavy atom. The summed E-state index contributed by atoms with van der Waals surface area (Å²) in [7, 11) is 0. The Balaban J connectivity index is 1.39. The first-order chi connectivity index (χ1) is 12.3. The SMILES string of the molecule is O=C(CN1CCCC[C@H]1Cn1cccn1)N1CCc2ccccc2C1. The van der Waals surface area contributed by atoms with Crippen LogP contribution in [0.3, 0.4) is 0 Å². The fraction of sp³-hybridized carbons (Fsp3) is 0.500. The van der Waals surface area contributed by atoms with Gasteiger partial charge >= 0.3 is 0 Å². The van der Waals surface area contributed by atoms with Crippen LogP contribution in [0.5, 0.6) is 0 Å². The number of carbonyl (C=O) groups excluding carboxylic acids is 1. The second kappa shape index (κ2) is 7.40. The van der Waals surface area contributed by atoms with E-state index in [0.717, 1.165) is 39.0 Å². The van der Waals surface area contributed by atoms with Gasteiger partial charge in [0.25, 0.3) is 0 Å². The van der Waals surface area contributed by atoms with Gasteiger partial charge in [-0.05, 0) is 43.0 Å². The first-order valence-corrected chi connectivity index (χ1v) is 9.35. The number of fused-ring (bicyclic) bond motifs is 1. The fourth-order valence-corrected chi connectivity index (χ4v) is 4.08. The molecule has 132 valence electrons. The Morgan fingerprint density at radius 1 is 1.12 bits per heavy atom. The highest BCUT2D eigenvalue weighted by molar-refractivity contribution is 5.78. The van der Waals surface area contributed by atoms with Gasteiger partial charge in [0.15, 0.2) is 0 Å². The standard InChI is InChI=1S/C20H26N4O/c25-20(23-13-9-17-6-1-2-7-18(17)14-23)16-22-11-4-3-8-19(22)15-24-12-5-10-21-24/h1-2,5-7,10,12,19H,3-4,8-9,11,13-16H2/t19-/m0/s1. The van der Waals surface area contributed by atoms with Crippen LogP contribution >= 0.6 is 0 Å². The summed E-state index contributed by atoms with van der Waals surface area (Å²) in [6, 6.07) is 10.9. The van der Waals surface area contributed by atoms with E-state index in [9.17, 15) is 4.79 Å². The van der Waals surface area contributed by atoms with Crippen LogP contribution < -0.4 is 0 Å². The smallest absolute Gasteiger partial charge is 0.237 e. The minimum atomic E-state index is 0.266. The fourth-order valence-electron chi connectivity index (χ4n) is 4.08. The highest BCUT2D eigenvalue weighted by Crippen LogP contribution is 2.21. The summed E-state index contributed by atoms with van der Waals surface area (Å²) in [4.78, 5) is 17.3. The molecule has 3 heterocycles. The lowest BCUT2D eigenvalue weighted by Crippen LogP contribution is -2.49. The van der Waals surface area contributed by atoms with Gasteiger partial charge < -0.3 is 4.90 Å². The molecule has 2 aromatic rings. The number of piperidine rings is 1. The number of benzene rings is 1. The van der Waals surface area contributed by atoms with Crippen molar-refractivity contribution in [2.45, 2.75) is 44.8 Å². The first-order valence-electron chi connectivity index (χ1n) is 9.35. The minimum Gasteiger partial charge on any atom is -0.337 e. The van der Waals surface area contributed by atoms with Crippen LogP contribution in [0.25, 0.3) is 0 Å². The topological polar surface area (TPSA) is 41.4 Å². The number of carbonyl (C=O) groups is 1. The highest BCUT2D eigenvalue weighted by atomic mass is 16.2. The maximum Gasteiger partial charge on any atom is 0.237 e. The van der Waals surface area contributed by atoms with E-state index in [-0.39, 0.29) is 5.91 Å². The summed E-state index contributed by atoms with van der Waals surface area (Å²) >= 11 is 0. The van der Waals surface area contributed by atoms with Crippen molar-refractivity contribution in [1.29, 1.82) is 0 Å². The first kappa shape index (κ1) is 16.3. The molecular formula is C20H26N4O. The molecule has 0 bridgehead atoms. The van der Waals surface area contributed by atoms with E-state index in [4.69, 9.17) is 0 Å². The minimum absolute atomic E-state index is 0.266. The summed E-state index contributed by atoms with van der Waals surface area (Å²) in [6.07, 6.45) is 8.38. The quantitative estimate of drug-likeness (QED) is 0.859. The molecule has 0 unspecified atom stereocenters. The van der Waals surface area contributed by atoms with E-state index < -0.39 is 0 Å². The Kier molecular flexibility index (Phi) is 4.83. The van der Waals surface area contributed by atoms with Crippen molar-refractivity contribution in [3.05, 3.63) is 53.9 Å². The average Bonchev–Trinajstić information content (AvgIpc) is 3.16. The van der Waals surface area contributed by atoms with Crippen molar-refractivity contribution >= 4 is 5.91 Å². The number of aromatic nitrogens is 2. The van der Waals surface area contributed by atoms with Crippen LogP contribution in [0.1, 0.15) is 30.4 Å². The molecule has 0 saturated carbocycles. The van der Waals surface area contributed by atoms with E-state index >= 15 is 0 Å². The van der Waals surface area contributed by atoms with Crippen molar-refractivity contribution in [1.82, 2.24) is 19.6 Å². The van der Waals surface area contributed by atoms with Crippen molar-refractivity contribution in [3.8, 4) is 0 Å². The molecule has 5 heteroatoms. The van der Waals surface area contributed by atoms with Crippen LogP contribution in [0.4, 0.5) is 0 Å². The van der Waals surface area contributed by atoms with Gasteiger partial charge in [0.05, 0.1) is 13.1 Å². The van der Waals surface area contributed by atoms with E-state index in [1.165, 1.54) is 24.0 Å². The van der Waals surface area contributed by atoms with E-state index in [0.29, 0.717) is 12.6 Å². The van der Waals surface area contributed by atoms with Crippen LogP contribution in [0.2, 0.25) is 0 Å². The van der Waals surface area contributed by atoms with Gasteiger partial charge in [-0.2, -0.15) is 5.10 Å². The van der Waals surface area contributed by atoms with E-state index in [2.05, 4.69) is 34.3 Å². The molecule has 5 nitrogen and oxygen atoms in total. The summed E-state index contributed by atoms with van der Waals surface area (Å²) in [6.45, 7) is 4.03. The normalized spacial score (nSPS) is 21.1. The number of hydrogen-bond donors (Lipinski definition) is 0. The van der Waals surface area contributed by atoms with Crippen molar-refractivity contribution in [2.24, 2.45) is 0 Å². The molecule has 1 fully saturated rings. The second-order valence-corrected chi connectivity index (χ2v) is 7.18. The molecule has 0 aliphatic carbocycles. The largest absolute Gasteiger partial charge is 0.337 e. The zero-order valence-electron chi connectivity index (χ0n) is 14.7. The Bertz CT molecular complexity index is 712. The maximum atomic E-state index is 12.9. The molecule has 1 amide bonds. The van der Waals surface area contributed by atoms with Crippen LogP contribution in [-0.2, 0) is 24.3 Å². The number of rotatable bonds is 4. The second-order valence-electron chi connectivity index (χ2n) is 7.18. The van der Waals surface area contributed by atoms with Crippen LogP contribution in [0, 0.1) is 0 Å². The molecule has 1 aromatic heterocycles. The molecular weight excluding hydrogens is 312 g/mol. The highest BCUT2D eigenvalue weighted by Gasteiger charge is 2.28. The number of hydrogen-bond acceptors (Lipinski definition) is 3. The third kappa shape index (κ3) is 3.76. The molecule has 1 saturated heterocycles. The van der Waals surface area contributed by atoms with Crippen LogP contribution in [0.15, 0.2) is 42.7 Å². The van der Waals surface area contributed by atoms with Gasteiger partial charge in [-0.1, -0.05) is 30.7 Å². The van der Waals surface area contributed by atoms with Crippen molar-refractivity contribution in [3.63, 3.8) is 0 Å². The van der Waals surface area contributed by atoms with Crippen LogP contribution in [-0.4, -0.2) is 51.2 Å². The van der Waals surface area contributed by atoms with E-state index in [1.54, 1.807) is 0 Å². The lowest BCUT2D eigenvalue weighted by molar-refractivity contribution is -0.134. The van der Waals surface area contributed by atoms with Crippen molar-refractivity contribution < 1.29 is 4.79 Å². The molecule has 1 atom stereocenters. The van der Waals surface area contributed by atoms with Gasteiger partial charge in [-0.25, -0.2) is 0 Å². The predicted octanol–water partition coefficient (Wildman–Crippen LogP) is 2.32. The Hall–Kier alpha value is -2.14. The molecule has 2 aliphatic heterocycles. The van der Waals surface area contributed by atoms with Gasteiger partial charge in [0.2, 0.25) is 5.91 Å². The predicted molar refractivity (Wildman–Crippen MR) is 97.0 cm³/mol. The summed E-state index contributed by atoms with van der Waals surface area (Å²) in [5.41, 5.74) is 2.69. The van der Waals surface area contributed by atoms with E-state index in [1.807, 2.05) is 28.0 Å².